The van der Waals surface area contributed by atoms with Crippen LogP contribution < -0.4 is 0 Å². The number of hydrogen-bond acceptors (Lipinski definition) is 9. The summed E-state index contributed by atoms with van der Waals surface area (Å²) in [5.41, 5.74) is 0. The molecule has 0 aliphatic carbocycles. The van der Waals surface area contributed by atoms with Crippen molar-refractivity contribution in [1.82, 2.24) is 0 Å². The number of aliphatic hydroxyl groups excluding tert-OH is 1. The van der Waals surface area contributed by atoms with E-state index in [0.29, 0.717) is 0 Å². The molecule has 10 nitrogen and oxygen atoms in total. The van der Waals surface area contributed by atoms with Gasteiger partial charge in [0.15, 0.2) is 30.7 Å². The van der Waals surface area contributed by atoms with Crippen LogP contribution in [-0.4, -0.2) is 64.8 Å². The van der Waals surface area contributed by atoms with Gasteiger partial charge in [0.2, 0.25) is 0 Å². The quantitative estimate of drug-likeness (QED) is 0.467. The summed E-state index contributed by atoms with van der Waals surface area (Å²) >= 11 is 0. The number of aliphatic carboxylic acids is 1. The van der Waals surface area contributed by atoms with Crippen molar-refractivity contribution in [2.24, 2.45) is 0 Å². The lowest BCUT2D eigenvalue weighted by atomic mass is 9.98. The predicted molar refractivity (Wildman–Crippen MR) is 65.2 cm³/mol. The molecule has 22 heavy (non-hydrogen) atoms. The van der Waals surface area contributed by atoms with E-state index in [1.54, 1.807) is 0 Å². The summed E-state index contributed by atoms with van der Waals surface area (Å²) in [5, 5.41) is 18.9. The number of carboxylic acid groups (broad SMARTS) is 1. The Morgan fingerprint density at radius 1 is 0.818 bits per heavy atom. The summed E-state index contributed by atoms with van der Waals surface area (Å²) in [4.78, 5) is 44.6. The predicted octanol–water partition coefficient (Wildman–Crippen LogP) is -1.42. The summed E-state index contributed by atoms with van der Waals surface area (Å²) in [5.74, 6) is -4.10. The maximum Gasteiger partial charge on any atom is 0.337 e. The second-order valence-electron chi connectivity index (χ2n) is 4.51. The number of carboxylic acids is 1. The van der Waals surface area contributed by atoms with Gasteiger partial charge in [-0.15, -0.1) is 0 Å². The van der Waals surface area contributed by atoms with E-state index in [1.807, 2.05) is 0 Å². The Balaban J connectivity index is 3.18. The minimum Gasteiger partial charge on any atom is -0.479 e. The third kappa shape index (κ3) is 4.40. The molecule has 1 unspecified atom stereocenters. The molecule has 0 spiro atoms. The molecule has 124 valence electrons. The minimum absolute atomic E-state index is 0.833. The van der Waals surface area contributed by atoms with Crippen molar-refractivity contribution in [2.75, 3.05) is 0 Å². The number of aliphatic hydroxyl groups is 1. The smallest absolute Gasteiger partial charge is 0.337 e. The maximum absolute atomic E-state index is 11.2. The standard InChI is InChI=1S/C12H16O10/c1-4(13)19-7-8(20-5(2)14)10(21-6(3)15)12(18)22-9(7)11(16)17/h7-10,12,18H,1-3H3,(H,16,17)/t7-,8-,9-,10-,12?/m0/s1. The first kappa shape index (κ1) is 17.9. The van der Waals surface area contributed by atoms with Crippen LogP contribution in [0.3, 0.4) is 0 Å². The second-order valence-corrected chi connectivity index (χ2v) is 4.51. The highest BCUT2D eigenvalue weighted by molar-refractivity contribution is 5.75. The summed E-state index contributed by atoms with van der Waals surface area (Å²) in [6.45, 7) is 3.06. The van der Waals surface area contributed by atoms with E-state index in [-0.39, 0.29) is 0 Å². The molecule has 2 N–H and O–H groups in total. The van der Waals surface area contributed by atoms with Gasteiger partial charge in [0.1, 0.15) is 0 Å². The van der Waals surface area contributed by atoms with Crippen LogP contribution in [0.1, 0.15) is 20.8 Å². The van der Waals surface area contributed by atoms with Gasteiger partial charge in [-0.1, -0.05) is 0 Å². The van der Waals surface area contributed by atoms with Crippen LogP contribution >= 0.6 is 0 Å². The summed E-state index contributed by atoms with van der Waals surface area (Å²) < 4.78 is 19.3. The first-order valence-electron chi connectivity index (χ1n) is 6.21. The highest BCUT2D eigenvalue weighted by Crippen LogP contribution is 2.27. The van der Waals surface area contributed by atoms with Gasteiger partial charge in [-0.3, -0.25) is 14.4 Å². The Morgan fingerprint density at radius 2 is 1.23 bits per heavy atom. The maximum atomic E-state index is 11.2. The monoisotopic (exact) mass is 320 g/mol. The van der Waals surface area contributed by atoms with Crippen LogP contribution in [0.25, 0.3) is 0 Å². The van der Waals surface area contributed by atoms with E-state index >= 15 is 0 Å². The summed E-state index contributed by atoms with van der Waals surface area (Å²) in [6.07, 6.45) is -8.33. The molecule has 10 heteroatoms. The minimum atomic E-state index is -1.87. The van der Waals surface area contributed by atoms with Gasteiger partial charge < -0.3 is 29.2 Å². The molecule has 5 atom stereocenters. The molecule has 1 aliphatic rings. The van der Waals surface area contributed by atoms with Crippen molar-refractivity contribution in [3.05, 3.63) is 0 Å². The van der Waals surface area contributed by atoms with Crippen molar-refractivity contribution in [3.63, 3.8) is 0 Å². The Hall–Kier alpha value is -2.20. The molecule has 1 fully saturated rings. The van der Waals surface area contributed by atoms with Crippen molar-refractivity contribution in [1.29, 1.82) is 0 Å². The third-order valence-electron chi connectivity index (χ3n) is 2.66. The van der Waals surface area contributed by atoms with E-state index in [9.17, 15) is 24.3 Å². The molecule has 0 amide bonds. The van der Waals surface area contributed by atoms with E-state index in [2.05, 4.69) is 0 Å². The van der Waals surface area contributed by atoms with Gasteiger partial charge in [0.25, 0.3) is 0 Å². The van der Waals surface area contributed by atoms with Crippen LogP contribution in [-0.2, 0) is 38.1 Å². The van der Waals surface area contributed by atoms with Gasteiger partial charge >= 0.3 is 23.9 Å². The van der Waals surface area contributed by atoms with Gasteiger partial charge in [-0.25, -0.2) is 4.79 Å². The van der Waals surface area contributed by atoms with Gasteiger partial charge in [-0.05, 0) is 0 Å². The summed E-state index contributed by atoms with van der Waals surface area (Å²) in [6, 6.07) is 0. The van der Waals surface area contributed by atoms with Crippen molar-refractivity contribution < 1.29 is 48.3 Å². The lowest BCUT2D eigenvalue weighted by Gasteiger charge is -2.41. The Morgan fingerprint density at radius 3 is 1.64 bits per heavy atom. The number of rotatable bonds is 4. The zero-order valence-electron chi connectivity index (χ0n) is 12.0. The first-order chi connectivity index (χ1) is 10.1. The molecule has 0 saturated carbocycles. The van der Waals surface area contributed by atoms with Gasteiger partial charge in [0.05, 0.1) is 0 Å². The fourth-order valence-electron chi connectivity index (χ4n) is 1.99. The SMILES string of the molecule is CC(=O)O[C@H]1[C@H](OC(C)=O)[C@H](OC(C)=O)C(O)O[C@@H]1C(=O)O. The molecular formula is C12H16O10. The number of hydrogen-bond donors (Lipinski definition) is 2. The molecular weight excluding hydrogens is 304 g/mol. The molecule has 1 saturated heterocycles. The zero-order chi connectivity index (χ0) is 17.0. The van der Waals surface area contributed by atoms with E-state index in [4.69, 9.17) is 24.1 Å². The van der Waals surface area contributed by atoms with Gasteiger partial charge in [0, 0.05) is 20.8 Å². The van der Waals surface area contributed by atoms with Crippen LogP contribution in [0.5, 0.6) is 0 Å². The molecule has 0 aromatic heterocycles. The van der Waals surface area contributed by atoms with E-state index in [0.717, 1.165) is 20.8 Å². The normalized spacial score (nSPS) is 31.0. The fourth-order valence-corrected chi connectivity index (χ4v) is 1.99. The number of carbonyl (C=O) groups excluding carboxylic acids is 3. The molecule has 0 aromatic rings. The topological polar surface area (TPSA) is 146 Å². The lowest BCUT2D eigenvalue weighted by molar-refractivity contribution is -0.289. The Labute approximate surface area is 124 Å². The Bertz CT molecular complexity index is 473. The van der Waals surface area contributed by atoms with Crippen molar-refractivity contribution >= 4 is 23.9 Å². The summed E-state index contributed by atoms with van der Waals surface area (Å²) in [7, 11) is 0. The molecule has 1 heterocycles. The fraction of sp³-hybridized carbons (Fsp3) is 0.667. The number of ether oxygens (including phenoxy) is 4. The molecule has 0 bridgehead atoms. The average Bonchev–Trinajstić information content (AvgIpc) is 2.34. The van der Waals surface area contributed by atoms with E-state index < -0.39 is 54.6 Å². The van der Waals surface area contributed by atoms with Crippen LogP contribution in [0.15, 0.2) is 0 Å². The first-order valence-corrected chi connectivity index (χ1v) is 6.21. The van der Waals surface area contributed by atoms with Gasteiger partial charge in [-0.2, -0.15) is 0 Å². The molecule has 0 aromatic carbocycles. The third-order valence-corrected chi connectivity index (χ3v) is 2.66. The molecule has 1 aliphatic heterocycles. The number of esters is 3. The van der Waals surface area contributed by atoms with Crippen LogP contribution in [0, 0.1) is 0 Å². The second kappa shape index (κ2) is 7.18. The van der Waals surface area contributed by atoms with Crippen LogP contribution in [0.4, 0.5) is 0 Å². The molecule has 0 radical (unpaired) electrons. The van der Waals surface area contributed by atoms with Crippen molar-refractivity contribution in [2.45, 2.75) is 51.5 Å². The lowest BCUT2D eigenvalue weighted by Crippen LogP contribution is -2.63. The number of carbonyl (C=O) groups is 4. The van der Waals surface area contributed by atoms with Crippen LogP contribution in [0.2, 0.25) is 0 Å². The van der Waals surface area contributed by atoms with Crippen molar-refractivity contribution in [3.8, 4) is 0 Å². The zero-order valence-corrected chi connectivity index (χ0v) is 12.0. The molecule has 1 rings (SSSR count). The van der Waals surface area contributed by atoms with E-state index in [1.165, 1.54) is 0 Å². The Kier molecular flexibility index (Phi) is 5.83. The highest BCUT2D eigenvalue weighted by atomic mass is 16.7. The average molecular weight is 320 g/mol. The highest BCUT2D eigenvalue weighted by Gasteiger charge is 2.53. The largest absolute Gasteiger partial charge is 0.479 e.